The summed E-state index contributed by atoms with van der Waals surface area (Å²) in [5, 5.41) is 9.29. The van der Waals surface area contributed by atoms with Crippen LogP contribution in [0.1, 0.15) is 15.4 Å². The van der Waals surface area contributed by atoms with Crippen LogP contribution in [-0.2, 0) is 0 Å². The molecular weight excluding hydrogens is 252 g/mol. The Labute approximate surface area is 105 Å². The molecule has 0 bridgehead atoms. The quantitative estimate of drug-likeness (QED) is 0.725. The number of carboxylic acid groups (broad SMARTS) is 1. The summed E-state index contributed by atoms with van der Waals surface area (Å²) in [6.07, 6.45) is 0. The van der Waals surface area contributed by atoms with Gasteiger partial charge in [0.2, 0.25) is 0 Å². The zero-order valence-corrected chi connectivity index (χ0v) is 10.2. The SMILES string of the molecule is Cc1cccc2nc3sc(C(=O)O)cc3c(=O)n12. The third-order valence-electron chi connectivity index (χ3n) is 2.74. The Bertz CT molecular complexity index is 848. The van der Waals surface area contributed by atoms with Crippen LogP contribution >= 0.6 is 11.3 Å². The number of aromatic carboxylic acids is 1. The van der Waals surface area contributed by atoms with Crippen molar-refractivity contribution in [1.29, 1.82) is 0 Å². The molecule has 0 unspecified atom stereocenters. The molecule has 6 heteroatoms. The van der Waals surface area contributed by atoms with Crippen molar-refractivity contribution in [1.82, 2.24) is 9.38 Å². The maximum absolute atomic E-state index is 12.3. The lowest BCUT2D eigenvalue weighted by Crippen LogP contribution is -2.16. The zero-order chi connectivity index (χ0) is 12.9. The lowest BCUT2D eigenvalue weighted by atomic mass is 10.3. The van der Waals surface area contributed by atoms with Crippen LogP contribution < -0.4 is 5.56 Å². The molecule has 18 heavy (non-hydrogen) atoms. The third-order valence-corrected chi connectivity index (χ3v) is 3.75. The van der Waals surface area contributed by atoms with Gasteiger partial charge in [-0.3, -0.25) is 9.20 Å². The molecule has 0 saturated heterocycles. The van der Waals surface area contributed by atoms with Crippen molar-refractivity contribution >= 4 is 33.2 Å². The minimum absolute atomic E-state index is 0.128. The van der Waals surface area contributed by atoms with Crippen molar-refractivity contribution in [2.75, 3.05) is 0 Å². The number of rotatable bonds is 1. The second-order valence-corrected chi connectivity index (χ2v) is 4.94. The summed E-state index contributed by atoms with van der Waals surface area (Å²) in [6, 6.07) is 6.74. The van der Waals surface area contributed by atoms with E-state index >= 15 is 0 Å². The Balaban J connectivity index is 2.53. The van der Waals surface area contributed by atoms with E-state index in [2.05, 4.69) is 4.98 Å². The highest BCUT2D eigenvalue weighted by atomic mass is 32.1. The summed E-state index contributed by atoms with van der Waals surface area (Å²) in [5.74, 6) is -1.04. The van der Waals surface area contributed by atoms with Gasteiger partial charge in [-0.2, -0.15) is 0 Å². The predicted molar refractivity (Wildman–Crippen MR) is 68.5 cm³/mol. The first kappa shape index (κ1) is 10.9. The molecule has 0 aliphatic heterocycles. The highest BCUT2D eigenvalue weighted by molar-refractivity contribution is 7.20. The fourth-order valence-electron chi connectivity index (χ4n) is 1.90. The van der Waals surface area contributed by atoms with E-state index in [4.69, 9.17) is 5.11 Å². The van der Waals surface area contributed by atoms with Crippen LogP contribution in [0.4, 0.5) is 0 Å². The average molecular weight is 260 g/mol. The Morgan fingerprint density at radius 1 is 1.44 bits per heavy atom. The van der Waals surface area contributed by atoms with Gasteiger partial charge in [0, 0.05) is 5.69 Å². The van der Waals surface area contributed by atoms with E-state index < -0.39 is 5.97 Å². The van der Waals surface area contributed by atoms with Gasteiger partial charge in [-0.15, -0.1) is 11.3 Å². The number of thiophene rings is 1. The lowest BCUT2D eigenvalue weighted by Gasteiger charge is -2.03. The van der Waals surface area contributed by atoms with Crippen LogP contribution in [0.3, 0.4) is 0 Å². The molecule has 3 aromatic heterocycles. The zero-order valence-electron chi connectivity index (χ0n) is 9.38. The fraction of sp³-hybridized carbons (Fsp3) is 0.0833. The van der Waals surface area contributed by atoms with Crippen molar-refractivity contribution in [2.24, 2.45) is 0 Å². The van der Waals surface area contributed by atoms with E-state index in [9.17, 15) is 9.59 Å². The van der Waals surface area contributed by atoms with Crippen molar-refractivity contribution in [3.63, 3.8) is 0 Å². The van der Waals surface area contributed by atoms with Gasteiger partial charge in [-0.25, -0.2) is 9.78 Å². The normalized spacial score (nSPS) is 11.2. The number of carbonyl (C=O) groups is 1. The number of carboxylic acids is 1. The minimum atomic E-state index is -1.04. The topological polar surface area (TPSA) is 71.7 Å². The van der Waals surface area contributed by atoms with E-state index in [1.54, 1.807) is 6.07 Å². The summed E-state index contributed by atoms with van der Waals surface area (Å²) in [7, 11) is 0. The largest absolute Gasteiger partial charge is 0.477 e. The molecular formula is C12H8N2O3S. The molecule has 0 aliphatic rings. The maximum atomic E-state index is 12.3. The first-order valence-corrected chi connectivity index (χ1v) is 6.05. The van der Waals surface area contributed by atoms with Gasteiger partial charge in [-0.05, 0) is 25.1 Å². The molecule has 0 aliphatic carbocycles. The minimum Gasteiger partial charge on any atom is -0.477 e. The molecule has 0 atom stereocenters. The van der Waals surface area contributed by atoms with E-state index in [-0.39, 0.29) is 10.4 Å². The molecule has 3 rings (SSSR count). The summed E-state index contributed by atoms with van der Waals surface area (Å²) in [5.41, 5.74) is 1.08. The van der Waals surface area contributed by atoms with Gasteiger partial charge in [0.1, 0.15) is 15.4 Å². The summed E-state index contributed by atoms with van der Waals surface area (Å²) < 4.78 is 1.49. The van der Waals surface area contributed by atoms with Gasteiger partial charge >= 0.3 is 5.97 Å². The monoisotopic (exact) mass is 260 g/mol. The Kier molecular flexibility index (Phi) is 2.21. The Morgan fingerprint density at radius 2 is 2.22 bits per heavy atom. The lowest BCUT2D eigenvalue weighted by molar-refractivity contribution is 0.0702. The van der Waals surface area contributed by atoms with Gasteiger partial charge in [0.05, 0.1) is 5.39 Å². The first-order valence-electron chi connectivity index (χ1n) is 5.23. The third kappa shape index (κ3) is 1.42. The van der Waals surface area contributed by atoms with Gasteiger partial charge in [0.25, 0.3) is 5.56 Å². The Morgan fingerprint density at radius 3 is 2.94 bits per heavy atom. The highest BCUT2D eigenvalue weighted by Gasteiger charge is 2.14. The van der Waals surface area contributed by atoms with Gasteiger partial charge in [-0.1, -0.05) is 6.07 Å². The highest BCUT2D eigenvalue weighted by Crippen LogP contribution is 2.22. The molecule has 0 aromatic carbocycles. The second-order valence-electron chi connectivity index (χ2n) is 3.91. The van der Waals surface area contributed by atoms with E-state index in [0.29, 0.717) is 15.9 Å². The molecule has 0 amide bonds. The first-order chi connectivity index (χ1) is 8.58. The van der Waals surface area contributed by atoms with E-state index in [1.165, 1.54) is 10.5 Å². The smallest absolute Gasteiger partial charge is 0.345 e. The van der Waals surface area contributed by atoms with Crippen LogP contribution in [0.25, 0.3) is 15.9 Å². The number of hydrogen-bond donors (Lipinski definition) is 1. The van der Waals surface area contributed by atoms with Crippen LogP contribution in [-0.4, -0.2) is 20.5 Å². The van der Waals surface area contributed by atoms with Crippen LogP contribution in [0.5, 0.6) is 0 Å². The number of nitrogens with zero attached hydrogens (tertiary/aromatic N) is 2. The fourth-order valence-corrected chi connectivity index (χ4v) is 2.77. The number of hydrogen-bond acceptors (Lipinski definition) is 4. The summed E-state index contributed by atoms with van der Waals surface area (Å²) in [6.45, 7) is 1.81. The molecule has 1 N–H and O–H groups in total. The molecule has 5 nitrogen and oxygen atoms in total. The summed E-state index contributed by atoms with van der Waals surface area (Å²) >= 11 is 1.02. The van der Waals surface area contributed by atoms with Crippen molar-refractivity contribution in [2.45, 2.75) is 6.92 Å². The second kappa shape index (κ2) is 3.64. The maximum Gasteiger partial charge on any atom is 0.345 e. The predicted octanol–water partition coefficient (Wildman–Crippen LogP) is 1.92. The van der Waals surface area contributed by atoms with Crippen molar-refractivity contribution in [3.8, 4) is 0 Å². The molecule has 3 heterocycles. The number of aromatic nitrogens is 2. The molecule has 0 saturated carbocycles. The Hall–Kier alpha value is -2.21. The van der Waals surface area contributed by atoms with Crippen LogP contribution in [0.15, 0.2) is 29.1 Å². The van der Waals surface area contributed by atoms with Crippen molar-refractivity contribution < 1.29 is 9.90 Å². The number of pyridine rings is 1. The van der Waals surface area contributed by atoms with Crippen LogP contribution in [0.2, 0.25) is 0 Å². The molecule has 0 fully saturated rings. The van der Waals surface area contributed by atoms with Crippen molar-refractivity contribution in [3.05, 3.63) is 45.2 Å². The van der Waals surface area contributed by atoms with E-state index in [1.807, 2.05) is 19.1 Å². The molecule has 0 radical (unpaired) electrons. The molecule has 3 aromatic rings. The molecule has 0 spiro atoms. The molecule has 90 valence electrons. The standard InChI is InChI=1S/C12H8N2O3S/c1-6-3-2-4-9-13-10-7(11(15)14(6)9)5-8(18-10)12(16)17/h2-5H,1H3,(H,16,17). The van der Waals surface area contributed by atoms with Gasteiger partial charge < -0.3 is 5.11 Å². The van der Waals surface area contributed by atoms with Crippen LogP contribution in [0, 0.1) is 6.92 Å². The van der Waals surface area contributed by atoms with E-state index in [0.717, 1.165) is 17.0 Å². The number of fused-ring (bicyclic) bond motifs is 2. The van der Waals surface area contributed by atoms with Gasteiger partial charge in [0.15, 0.2) is 0 Å². The number of aryl methyl sites for hydroxylation is 1. The average Bonchev–Trinajstić information content (AvgIpc) is 2.73. The summed E-state index contributed by atoms with van der Waals surface area (Å²) in [4.78, 5) is 28.1.